The maximum absolute atomic E-state index is 12.1. The minimum absolute atomic E-state index is 0.443. The third-order valence-electron chi connectivity index (χ3n) is 3.36. The van der Waals surface area contributed by atoms with E-state index < -0.39 is 17.2 Å². The van der Waals surface area contributed by atoms with E-state index in [0.717, 1.165) is 22.8 Å². The fraction of sp³-hybridized carbons (Fsp3) is 0.556. The van der Waals surface area contributed by atoms with Gasteiger partial charge in [-0.2, -0.15) is 5.10 Å². The first-order chi connectivity index (χ1) is 11.5. The van der Waals surface area contributed by atoms with Crippen molar-refractivity contribution < 1.29 is 9.53 Å². The lowest BCUT2D eigenvalue weighted by atomic mass is 10.1. The number of rotatable bonds is 4. The molecule has 0 bridgehead atoms. The average Bonchev–Trinajstić information content (AvgIpc) is 2.76. The van der Waals surface area contributed by atoms with Gasteiger partial charge in [-0.3, -0.25) is 4.68 Å². The van der Waals surface area contributed by atoms with Crippen molar-refractivity contribution in [1.29, 1.82) is 0 Å². The first-order valence-corrected chi connectivity index (χ1v) is 8.30. The molecule has 0 saturated heterocycles. The number of amides is 1. The summed E-state index contributed by atoms with van der Waals surface area (Å²) in [5.41, 5.74) is 1.62. The normalized spacial score (nSPS) is 12.1. The summed E-state index contributed by atoms with van der Waals surface area (Å²) >= 11 is 0. The van der Waals surface area contributed by atoms with Gasteiger partial charge in [0.05, 0.1) is 23.5 Å². The van der Waals surface area contributed by atoms with E-state index in [2.05, 4.69) is 20.4 Å². The minimum Gasteiger partial charge on any atom is -0.444 e. The summed E-state index contributed by atoms with van der Waals surface area (Å²) in [5, 5.41) is 7.45. The van der Waals surface area contributed by atoms with Crippen LogP contribution in [0.15, 0.2) is 18.5 Å². The van der Waals surface area contributed by atoms with Crippen molar-refractivity contribution in [1.82, 2.24) is 25.1 Å². The summed E-state index contributed by atoms with van der Waals surface area (Å²) in [5.74, 6) is 0.721. The van der Waals surface area contributed by atoms with Crippen LogP contribution in [0.3, 0.4) is 0 Å². The Morgan fingerprint density at radius 3 is 2.32 bits per heavy atom. The number of aromatic nitrogens is 4. The molecular weight excluding hydrogens is 318 g/mol. The van der Waals surface area contributed by atoms with Gasteiger partial charge in [-0.25, -0.2) is 14.8 Å². The van der Waals surface area contributed by atoms with Crippen molar-refractivity contribution >= 4 is 6.09 Å². The zero-order valence-corrected chi connectivity index (χ0v) is 16.0. The predicted octanol–water partition coefficient (Wildman–Crippen LogP) is 3.26. The molecule has 0 fully saturated rings. The highest BCUT2D eigenvalue weighted by Gasteiger charge is 2.26. The Morgan fingerprint density at radius 2 is 1.76 bits per heavy atom. The van der Waals surface area contributed by atoms with Crippen LogP contribution in [0.4, 0.5) is 4.79 Å². The highest BCUT2D eigenvalue weighted by Crippen LogP contribution is 2.21. The van der Waals surface area contributed by atoms with Gasteiger partial charge in [0.2, 0.25) is 0 Å². The maximum atomic E-state index is 12.1. The highest BCUT2D eigenvalue weighted by atomic mass is 16.6. The molecule has 1 amide bonds. The highest BCUT2D eigenvalue weighted by molar-refractivity contribution is 5.68. The van der Waals surface area contributed by atoms with E-state index in [4.69, 9.17) is 4.74 Å². The Morgan fingerprint density at radius 1 is 1.16 bits per heavy atom. The topological polar surface area (TPSA) is 81.9 Å². The van der Waals surface area contributed by atoms with Crippen molar-refractivity contribution in [2.45, 2.75) is 66.2 Å². The SMILES string of the molecule is Cc1cc(-c2cnc(C)nc2)n(CC(C)(C)NC(=O)OC(C)(C)C)n1. The van der Waals surface area contributed by atoms with Crippen molar-refractivity contribution in [3.63, 3.8) is 0 Å². The molecule has 2 aromatic rings. The molecule has 0 aliphatic carbocycles. The fourth-order valence-electron chi connectivity index (χ4n) is 2.42. The molecule has 0 aliphatic rings. The van der Waals surface area contributed by atoms with Crippen LogP contribution in [-0.2, 0) is 11.3 Å². The van der Waals surface area contributed by atoms with E-state index in [-0.39, 0.29) is 0 Å². The lowest BCUT2D eigenvalue weighted by molar-refractivity contribution is 0.0462. The van der Waals surface area contributed by atoms with Crippen LogP contribution >= 0.6 is 0 Å². The van der Waals surface area contributed by atoms with Crippen LogP contribution in [0.1, 0.15) is 46.1 Å². The summed E-state index contributed by atoms with van der Waals surface area (Å²) in [6.07, 6.45) is 3.12. The molecule has 0 aromatic carbocycles. The van der Waals surface area contributed by atoms with E-state index in [9.17, 15) is 4.79 Å². The molecule has 7 heteroatoms. The van der Waals surface area contributed by atoms with Gasteiger partial charge >= 0.3 is 6.09 Å². The molecule has 0 radical (unpaired) electrons. The largest absolute Gasteiger partial charge is 0.444 e. The third kappa shape index (κ3) is 5.55. The Balaban J connectivity index is 2.19. The number of carbonyl (C=O) groups excluding carboxylic acids is 1. The molecule has 25 heavy (non-hydrogen) atoms. The van der Waals surface area contributed by atoms with Gasteiger partial charge < -0.3 is 10.1 Å². The summed E-state index contributed by atoms with van der Waals surface area (Å²) in [6.45, 7) is 13.7. The minimum atomic E-state index is -0.541. The Bertz CT molecular complexity index is 742. The van der Waals surface area contributed by atoms with Crippen LogP contribution in [0, 0.1) is 13.8 Å². The van der Waals surface area contributed by atoms with Gasteiger partial charge in [-0.05, 0) is 54.5 Å². The first-order valence-electron chi connectivity index (χ1n) is 8.30. The molecule has 0 unspecified atom stereocenters. The van der Waals surface area contributed by atoms with Crippen LogP contribution in [0.5, 0.6) is 0 Å². The molecule has 0 atom stereocenters. The van der Waals surface area contributed by atoms with Crippen molar-refractivity contribution in [3.8, 4) is 11.3 Å². The van der Waals surface area contributed by atoms with Gasteiger partial charge in [0, 0.05) is 18.0 Å². The molecule has 2 heterocycles. The van der Waals surface area contributed by atoms with Gasteiger partial charge in [-0.15, -0.1) is 0 Å². The summed E-state index contributed by atoms with van der Waals surface area (Å²) in [7, 11) is 0. The van der Waals surface area contributed by atoms with Crippen molar-refractivity contribution in [2.24, 2.45) is 0 Å². The van der Waals surface area contributed by atoms with Gasteiger partial charge in [-0.1, -0.05) is 0 Å². The molecule has 136 valence electrons. The maximum Gasteiger partial charge on any atom is 0.408 e. The summed E-state index contributed by atoms with van der Waals surface area (Å²) in [6, 6.07) is 1.98. The van der Waals surface area contributed by atoms with E-state index in [1.807, 2.05) is 59.2 Å². The lowest BCUT2D eigenvalue weighted by Crippen LogP contribution is -2.48. The first kappa shape index (κ1) is 18.9. The van der Waals surface area contributed by atoms with Crippen LogP contribution in [0.25, 0.3) is 11.3 Å². The van der Waals surface area contributed by atoms with Gasteiger partial charge in [0.25, 0.3) is 0 Å². The second kappa shape index (κ2) is 6.82. The van der Waals surface area contributed by atoms with Gasteiger partial charge in [0.1, 0.15) is 11.4 Å². The number of nitrogens with one attached hydrogen (secondary N) is 1. The van der Waals surface area contributed by atoms with E-state index in [1.165, 1.54) is 0 Å². The van der Waals surface area contributed by atoms with E-state index >= 15 is 0 Å². The number of hydrogen-bond donors (Lipinski definition) is 1. The molecule has 1 N–H and O–H groups in total. The second-order valence-corrected chi connectivity index (χ2v) is 7.86. The molecule has 0 saturated carbocycles. The Kier molecular flexibility index (Phi) is 5.15. The zero-order valence-electron chi connectivity index (χ0n) is 16.0. The Labute approximate surface area is 148 Å². The summed E-state index contributed by atoms with van der Waals surface area (Å²) < 4.78 is 7.21. The smallest absolute Gasteiger partial charge is 0.408 e. The molecular formula is C18H27N5O2. The number of carbonyl (C=O) groups is 1. The number of ether oxygens (including phenoxy) is 1. The standard InChI is InChI=1S/C18H27N5O2/c1-12-8-15(14-9-19-13(2)20-10-14)23(22-12)11-18(6,7)21-16(24)25-17(3,4)5/h8-10H,11H2,1-7H3,(H,21,24). The average molecular weight is 345 g/mol. The van der Waals surface area contributed by atoms with Gasteiger partial charge in [0.15, 0.2) is 0 Å². The van der Waals surface area contributed by atoms with Crippen molar-refractivity contribution in [2.75, 3.05) is 0 Å². The van der Waals surface area contributed by atoms with E-state index in [0.29, 0.717) is 6.54 Å². The van der Waals surface area contributed by atoms with Crippen LogP contribution in [0.2, 0.25) is 0 Å². The number of hydrogen-bond acceptors (Lipinski definition) is 5. The molecule has 2 aromatic heterocycles. The fourth-order valence-corrected chi connectivity index (χ4v) is 2.42. The number of aryl methyl sites for hydroxylation is 2. The molecule has 0 spiro atoms. The lowest BCUT2D eigenvalue weighted by Gasteiger charge is -2.29. The number of alkyl carbamates (subject to hydrolysis) is 1. The molecule has 0 aliphatic heterocycles. The summed E-state index contributed by atoms with van der Waals surface area (Å²) in [4.78, 5) is 20.6. The van der Waals surface area contributed by atoms with E-state index in [1.54, 1.807) is 12.4 Å². The molecule has 2 rings (SSSR count). The van der Waals surface area contributed by atoms with Crippen molar-refractivity contribution in [3.05, 3.63) is 30.0 Å². The predicted molar refractivity (Wildman–Crippen MR) is 96.2 cm³/mol. The molecule has 7 nitrogen and oxygen atoms in total. The zero-order chi connectivity index (χ0) is 18.8. The Hall–Kier alpha value is -2.44. The quantitative estimate of drug-likeness (QED) is 0.920. The third-order valence-corrected chi connectivity index (χ3v) is 3.36. The monoisotopic (exact) mass is 345 g/mol. The second-order valence-electron chi connectivity index (χ2n) is 7.86. The van der Waals surface area contributed by atoms with Crippen LogP contribution in [-0.4, -0.2) is 37.0 Å². The van der Waals surface area contributed by atoms with Crippen LogP contribution < -0.4 is 5.32 Å². The number of nitrogens with zero attached hydrogens (tertiary/aromatic N) is 4.